The van der Waals surface area contributed by atoms with Crippen LogP contribution in [0.25, 0.3) is 0 Å². The number of thioether (sulfide) groups is 1. The van der Waals surface area contributed by atoms with Crippen molar-refractivity contribution in [1.29, 1.82) is 0 Å². The summed E-state index contributed by atoms with van der Waals surface area (Å²) in [6.45, 7) is 1.03. The minimum Gasteiger partial charge on any atom is -0.461 e. The molecule has 0 radical (unpaired) electrons. The molecule has 4 aromatic carbocycles. The molecule has 12 heteroatoms. The summed E-state index contributed by atoms with van der Waals surface area (Å²) in [7, 11) is 0. The Morgan fingerprint density at radius 1 is 0.800 bits per heavy atom. The van der Waals surface area contributed by atoms with Gasteiger partial charge in [-0.3, -0.25) is 19.3 Å². The number of carbonyl (C=O) groups is 5. The third kappa shape index (κ3) is 7.50. The van der Waals surface area contributed by atoms with E-state index >= 15 is 0 Å². The number of hydrogen-bond acceptors (Lipinski definition) is 10. The van der Waals surface area contributed by atoms with Crippen LogP contribution in [0.2, 0.25) is 0 Å². The molecule has 11 nitrogen and oxygen atoms in total. The molecule has 2 atom stereocenters. The Bertz CT molecular complexity index is 1910. The Balaban J connectivity index is 1.25. The van der Waals surface area contributed by atoms with Gasteiger partial charge in [0, 0.05) is 23.8 Å². The molecule has 2 heterocycles. The average molecular weight is 690 g/mol. The molecule has 1 N–H and O–H groups in total. The van der Waals surface area contributed by atoms with E-state index in [0.717, 1.165) is 11.1 Å². The molecular weight excluding hydrogens is 658 g/mol. The summed E-state index contributed by atoms with van der Waals surface area (Å²) >= 11 is 1.29. The minimum absolute atomic E-state index is 0.0453. The van der Waals surface area contributed by atoms with Crippen LogP contribution in [0.5, 0.6) is 0 Å². The summed E-state index contributed by atoms with van der Waals surface area (Å²) in [5.41, 5.74) is 2.16. The van der Waals surface area contributed by atoms with E-state index in [1.54, 1.807) is 60.7 Å². The van der Waals surface area contributed by atoms with Crippen LogP contribution in [0, 0.1) is 0 Å². The SMILES string of the molecule is CC(=O)OCC1=C(C(=O)OC(c2ccccc2)c2ccccc2)N2C(=O)[C@@H](NC(=O)C(=NOC(=O)c3ccccc3)c3ccccc3)[C@H]2SC1. The minimum atomic E-state index is -1.05. The van der Waals surface area contributed by atoms with Crippen LogP contribution in [0.1, 0.15) is 40.1 Å². The fraction of sp³-hybridized carbons (Fsp3) is 0.158. The Morgan fingerprint density at radius 2 is 1.34 bits per heavy atom. The molecule has 0 spiro atoms. The van der Waals surface area contributed by atoms with E-state index in [0.29, 0.717) is 11.1 Å². The van der Waals surface area contributed by atoms with Crippen LogP contribution in [-0.4, -0.2) is 64.1 Å². The van der Waals surface area contributed by atoms with Gasteiger partial charge in [-0.2, -0.15) is 0 Å². The number of carbonyl (C=O) groups excluding carboxylic acids is 5. The van der Waals surface area contributed by atoms with Gasteiger partial charge >= 0.3 is 17.9 Å². The third-order valence-corrected chi connectivity index (χ3v) is 9.24. The van der Waals surface area contributed by atoms with Crippen LogP contribution >= 0.6 is 11.8 Å². The zero-order valence-corrected chi connectivity index (χ0v) is 27.6. The maximum atomic E-state index is 14.1. The molecule has 2 aliphatic heterocycles. The fourth-order valence-electron chi connectivity index (χ4n) is 5.46. The largest absolute Gasteiger partial charge is 0.461 e. The zero-order valence-electron chi connectivity index (χ0n) is 26.8. The summed E-state index contributed by atoms with van der Waals surface area (Å²) in [6.07, 6.45) is -0.796. The van der Waals surface area contributed by atoms with E-state index in [4.69, 9.17) is 14.3 Å². The highest BCUT2D eigenvalue weighted by Gasteiger charge is 2.55. The lowest BCUT2D eigenvalue weighted by Gasteiger charge is -2.49. The van der Waals surface area contributed by atoms with E-state index < -0.39 is 47.2 Å². The van der Waals surface area contributed by atoms with Crippen molar-refractivity contribution in [2.75, 3.05) is 12.4 Å². The fourth-order valence-corrected chi connectivity index (χ4v) is 6.79. The number of esters is 2. The Hall–Kier alpha value is -6.01. The summed E-state index contributed by atoms with van der Waals surface area (Å²) in [4.78, 5) is 72.2. The Kier molecular flexibility index (Phi) is 10.5. The third-order valence-electron chi connectivity index (χ3n) is 7.90. The standard InChI is InChI=1S/C38H31N3O8S/c1-24(42)47-22-29-23-50-36-31(39-34(43)30(25-14-6-2-7-15-25)40-49-37(45)28-20-12-5-13-21-28)35(44)41(36)32(29)38(46)48-33(26-16-8-3-9-17-26)27-18-10-4-11-19-27/h2-21,31,33,36H,22-23H2,1H3,(H,39,43)/t31-,36-/m1/s1. The van der Waals surface area contributed by atoms with Crippen LogP contribution in [0.4, 0.5) is 0 Å². The van der Waals surface area contributed by atoms with Gasteiger partial charge in [0.15, 0.2) is 11.8 Å². The van der Waals surface area contributed by atoms with Crippen molar-refractivity contribution < 1.29 is 38.3 Å². The molecule has 252 valence electrons. The van der Waals surface area contributed by atoms with E-state index in [1.165, 1.54) is 23.6 Å². The quantitative estimate of drug-likeness (QED) is 0.0774. The van der Waals surface area contributed by atoms with Crippen molar-refractivity contribution >= 4 is 47.2 Å². The van der Waals surface area contributed by atoms with Crippen molar-refractivity contribution in [2.24, 2.45) is 5.16 Å². The van der Waals surface area contributed by atoms with Crippen LogP contribution in [0.3, 0.4) is 0 Å². The summed E-state index contributed by atoms with van der Waals surface area (Å²) in [6, 6.07) is 33.9. The smallest absolute Gasteiger partial charge is 0.365 e. The molecule has 1 saturated heterocycles. The molecular formula is C38H31N3O8S. The zero-order chi connectivity index (χ0) is 35.0. The van der Waals surface area contributed by atoms with Crippen molar-refractivity contribution in [3.05, 3.63) is 155 Å². The molecule has 6 rings (SSSR count). The number of rotatable bonds is 11. The van der Waals surface area contributed by atoms with E-state index in [1.807, 2.05) is 60.7 Å². The molecule has 2 aliphatic rings. The van der Waals surface area contributed by atoms with Gasteiger partial charge in [0.2, 0.25) is 0 Å². The Morgan fingerprint density at radius 3 is 1.90 bits per heavy atom. The molecule has 2 amide bonds. The first-order valence-corrected chi connectivity index (χ1v) is 16.7. The second kappa shape index (κ2) is 15.5. The highest BCUT2D eigenvalue weighted by molar-refractivity contribution is 8.00. The van der Waals surface area contributed by atoms with Gasteiger partial charge < -0.3 is 19.6 Å². The first kappa shape index (κ1) is 33.9. The van der Waals surface area contributed by atoms with Crippen LogP contribution in [0.15, 0.2) is 138 Å². The van der Waals surface area contributed by atoms with Gasteiger partial charge in [-0.05, 0) is 23.3 Å². The lowest BCUT2D eigenvalue weighted by molar-refractivity contribution is -0.154. The van der Waals surface area contributed by atoms with E-state index in [2.05, 4.69) is 10.5 Å². The monoisotopic (exact) mass is 689 g/mol. The number of hydrogen-bond donors (Lipinski definition) is 1. The number of oxime groups is 1. The van der Waals surface area contributed by atoms with E-state index in [-0.39, 0.29) is 29.3 Å². The van der Waals surface area contributed by atoms with Crippen LogP contribution in [-0.2, 0) is 33.5 Å². The average Bonchev–Trinajstić information content (AvgIpc) is 3.16. The number of benzene rings is 4. The summed E-state index contributed by atoms with van der Waals surface area (Å²) in [5, 5.41) is 5.91. The number of amides is 2. The molecule has 0 unspecified atom stereocenters. The van der Waals surface area contributed by atoms with Gasteiger partial charge in [0.1, 0.15) is 23.7 Å². The lowest BCUT2D eigenvalue weighted by Crippen LogP contribution is -2.71. The highest BCUT2D eigenvalue weighted by Crippen LogP contribution is 2.41. The van der Waals surface area contributed by atoms with Crippen molar-refractivity contribution in [3.8, 4) is 0 Å². The molecule has 0 aromatic heterocycles. The lowest BCUT2D eigenvalue weighted by atomic mass is 10.0. The maximum Gasteiger partial charge on any atom is 0.365 e. The molecule has 0 bridgehead atoms. The first-order valence-electron chi connectivity index (χ1n) is 15.6. The number of fused-ring (bicyclic) bond motifs is 1. The molecule has 1 fully saturated rings. The number of β-lactam (4-membered cyclic amide) rings is 1. The summed E-state index contributed by atoms with van der Waals surface area (Å²) < 4.78 is 11.4. The Labute approximate surface area is 291 Å². The molecule has 0 aliphatic carbocycles. The van der Waals surface area contributed by atoms with Gasteiger partial charge in [0.05, 0.1) is 5.56 Å². The molecule has 4 aromatic rings. The molecule has 50 heavy (non-hydrogen) atoms. The van der Waals surface area contributed by atoms with Gasteiger partial charge in [0.25, 0.3) is 11.8 Å². The van der Waals surface area contributed by atoms with Gasteiger partial charge in [-0.25, -0.2) is 9.59 Å². The predicted molar refractivity (Wildman–Crippen MR) is 184 cm³/mol. The normalized spacial score (nSPS) is 17.0. The molecule has 0 saturated carbocycles. The predicted octanol–water partition coefficient (Wildman–Crippen LogP) is 4.80. The second-order valence-corrected chi connectivity index (χ2v) is 12.4. The number of nitrogens with zero attached hydrogens (tertiary/aromatic N) is 2. The van der Waals surface area contributed by atoms with Gasteiger partial charge in [-0.1, -0.05) is 114 Å². The van der Waals surface area contributed by atoms with Crippen molar-refractivity contribution in [2.45, 2.75) is 24.4 Å². The van der Waals surface area contributed by atoms with Gasteiger partial charge in [-0.15, -0.1) is 11.8 Å². The van der Waals surface area contributed by atoms with Crippen molar-refractivity contribution in [3.63, 3.8) is 0 Å². The first-order chi connectivity index (χ1) is 24.3. The highest BCUT2D eigenvalue weighted by atomic mass is 32.2. The maximum absolute atomic E-state index is 14.1. The number of nitrogens with one attached hydrogen (secondary N) is 1. The topological polar surface area (TPSA) is 141 Å². The van der Waals surface area contributed by atoms with E-state index in [9.17, 15) is 24.0 Å². The summed E-state index contributed by atoms with van der Waals surface area (Å²) in [5.74, 6) is -3.22. The number of ether oxygens (including phenoxy) is 2. The van der Waals surface area contributed by atoms with Crippen LogP contribution < -0.4 is 5.32 Å². The second-order valence-electron chi connectivity index (χ2n) is 11.3. The van der Waals surface area contributed by atoms with Crippen molar-refractivity contribution in [1.82, 2.24) is 10.2 Å².